The average molecular weight is 525 g/mol. The van der Waals surface area contributed by atoms with Gasteiger partial charge in [-0.3, -0.25) is 14.0 Å². The van der Waals surface area contributed by atoms with Crippen molar-refractivity contribution < 1.29 is 23.9 Å². The van der Waals surface area contributed by atoms with E-state index < -0.39 is 17.8 Å². The van der Waals surface area contributed by atoms with E-state index in [0.717, 1.165) is 16.7 Å². The first kappa shape index (κ1) is 24.3. The number of imidazole rings is 1. The molecule has 2 amide bonds. The molecule has 0 saturated heterocycles. The summed E-state index contributed by atoms with van der Waals surface area (Å²) >= 11 is 0. The third kappa shape index (κ3) is 4.37. The summed E-state index contributed by atoms with van der Waals surface area (Å²) < 4.78 is 7.03. The third-order valence-electron chi connectivity index (χ3n) is 7.08. The molecule has 6 rings (SSSR count). The monoisotopic (exact) mass is 524 g/mol. The van der Waals surface area contributed by atoms with E-state index in [0.29, 0.717) is 35.4 Å². The van der Waals surface area contributed by atoms with Crippen LogP contribution in [0.4, 0.5) is 0 Å². The lowest BCUT2D eigenvalue weighted by molar-refractivity contribution is 0.0695. The molecule has 3 heterocycles. The largest absolute Gasteiger partial charge is 0.478 e. The number of hydrogen-bond acceptors (Lipinski definition) is 7. The molecule has 1 aliphatic carbocycles. The number of aromatic nitrogens is 4. The van der Waals surface area contributed by atoms with E-state index in [1.807, 2.05) is 18.2 Å². The van der Waals surface area contributed by atoms with Gasteiger partial charge in [-0.2, -0.15) is 0 Å². The molecule has 3 N–H and O–H groups in total. The minimum absolute atomic E-state index is 0.0608. The summed E-state index contributed by atoms with van der Waals surface area (Å²) in [4.78, 5) is 50.8. The Morgan fingerprint density at radius 2 is 1.95 bits per heavy atom. The molecule has 0 unspecified atom stereocenters. The first-order valence-electron chi connectivity index (χ1n) is 12.4. The van der Waals surface area contributed by atoms with Crippen molar-refractivity contribution in [3.63, 3.8) is 0 Å². The van der Waals surface area contributed by atoms with E-state index in [9.17, 15) is 19.5 Å². The lowest BCUT2D eigenvalue weighted by Crippen LogP contribution is -2.30. The first-order valence-corrected chi connectivity index (χ1v) is 12.4. The van der Waals surface area contributed by atoms with Gasteiger partial charge < -0.3 is 20.2 Å². The van der Waals surface area contributed by atoms with Crippen LogP contribution < -0.4 is 10.6 Å². The average Bonchev–Trinajstić information content (AvgIpc) is 3.64. The van der Waals surface area contributed by atoms with Crippen LogP contribution in [-0.2, 0) is 13.0 Å². The van der Waals surface area contributed by atoms with Crippen LogP contribution in [0.25, 0.3) is 16.9 Å². The first-order chi connectivity index (χ1) is 18.8. The van der Waals surface area contributed by atoms with E-state index in [4.69, 9.17) is 4.42 Å². The Labute approximate surface area is 221 Å². The molecule has 1 aliphatic rings. The van der Waals surface area contributed by atoms with Crippen LogP contribution >= 0.6 is 0 Å². The number of carbonyl (C=O) groups is 3. The molecule has 0 saturated carbocycles. The molecule has 5 aromatic rings. The van der Waals surface area contributed by atoms with Crippen LogP contribution in [0.15, 0.2) is 53.2 Å². The van der Waals surface area contributed by atoms with Gasteiger partial charge in [-0.05, 0) is 66.3 Å². The zero-order valence-corrected chi connectivity index (χ0v) is 21.2. The number of benzene rings is 2. The fourth-order valence-electron chi connectivity index (χ4n) is 5.16. The number of aromatic carboxylic acids is 1. The Morgan fingerprint density at radius 3 is 2.77 bits per heavy atom. The number of rotatable bonds is 6. The molecule has 11 nitrogen and oxygen atoms in total. The van der Waals surface area contributed by atoms with Crippen molar-refractivity contribution in [2.45, 2.75) is 39.3 Å². The number of carboxylic acids is 1. The van der Waals surface area contributed by atoms with Crippen molar-refractivity contribution in [3.8, 4) is 0 Å². The molecule has 0 bridgehead atoms. The number of oxazole rings is 1. The summed E-state index contributed by atoms with van der Waals surface area (Å²) in [6, 6.07) is 9.99. The maximum atomic E-state index is 13.3. The molecule has 196 valence electrons. The zero-order chi connectivity index (χ0) is 27.3. The van der Waals surface area contributed by atoms with Gasteiger partial charge in [0.15, 0.2) is 11.5 Å². The Morgan fingerprint density at radius 1 is 1.10 bits per heavy atom. The number of carbonyl (C=O) groups excluding carboxylic acids is 2. The summed E-state index contributed by atoms with van der Waals surface area (Å²) in [5.74, 6) is -1.02. The predicted molar refractivity (Wildman–Crippen MR) is 140 cm³/mol. The van der Waals surface area contributed by atoms with Crippen LogP contribution in [0.2, 0.25) is 0 Å². The molecular formula is C28H24N6O5. The molecule has 11 heteroatoms. The fraction of sp³-hybridized carbons (Fsp3) is 0.214. The minimum Gasteiger partial charge on any atom is -0.478 e. The number of amides is 2. The number of fused-ring (bicyclic) bond motifs is 3. The minimum atomic E-state index is -0.973. The van der Waals surface area contributed by atoms with E-state index in [-0.39, 0.29) is 35.3 Å². The van der Waals surface area contributed by atoms with Gasteiger partial charge in [0.1, 0.15) is 16.9 Å². The predicted octanol–water partition coefficient (Wildman–Crippen LogP) is 3.53. The highest BCUT2D eigenvalue weighted by atomic mass is 16.4. The number of carboxylic acid groups (broad SMARTS) is 1. The second-order valence-electron chi connectivity index (χ2n) is 9.52. The quantitative estimate of drug-likeness (QED) is 0.305. The standard InChI is InChI=1S/C28H24N6O5/c1-14-17-6-7-20(19(17)5-4-18(14)27(37)38)32-25(35)22-12-23(34-10-9-29-28(34)33-22)26(36)30-13-16-3-8-24-21(11-16)31-15(2)39-24/h3-5,8-12,20H,6-7,13H2,1-2H3,(H,30,36)(H,32,35)(H,37,38)/t20-/m0/s1. The van der Waals surface area contributed by atoms with Crippen molar-refractivity contribution >= 4 is 34.7 Å². The Balaban J connectivity index is 1.22. The normalized spacial score (nSPS) is 14.5. The van der Waals surface area contributed by atoms with Gasteiger partial charge in [0, 0.05) is 25.9 Å². The number of nitrogens with one attached hydrogen (secondary N) is 2. The van der Waals surface area contributed by atoms with E-state index in [2.05, 4.69) is 25.6 Å². The molecular weight excluding hydrogens is 500 g/mol. The zero-order valence-electron chi connectivity index (χ0n) is 21.2. The summed E-state index contributed by atoms with van der Waals surface area (Å²) in [6.45, 7) is 3.81. The van der Waals surface area contributed by atoms with Gasteiger partial charge in [-0.25, -0.2) is 19.7 Å². The number of hydrogen-bond donors (Lipinski definition) is 3. The molecule has 1 atom stereocenters. The molecule has 0 radical (unpaired) electrons. The Bertz CT molecular complexity index is 1800. The molecule has 0 spiro atoms. The molecule has 3 aromatic heterocycles. The Hall–Kier alpha value is -5.06. The van der Waals surface area contributed by atoms with Gasteiger partial charge in [0.2, 0.25) is 5.78 Å². The van der Waals surface area contributed by atoms with Gasteiger partial charge in [-0.1, -0.05) is 12.1 Å². The van der Waals surface area contributed by atoms with Gasteiger partial charge in [0.25, 0.3) is 11.8 Å². The van der Waals surface area contributed by atoms with Crippen LogP contribution in [-0.4, -0.2) is 42.2 Å². The molecule has 39 heavy (non-hydrogen) atoms. The highest BCUT2D eigenvalue weighted by Gasteiger charge is 2.28. The van der Waals surface area contributed by atoms with Crippen molar-refractivity contribution in [3.05, 3.63) is 93.9 Å². The van der Waals surface area contributed by atoms with Crippen LogP contribution in [0.1, 0.15) is 71.9 Å². The fourth-order valence-corrected chi connectivity index (χ4v) is 5.16. The van der Waals surface area contributed by atoms with Crippen molar-refractivity contribution in [2.75, 3.05) is 0 Å². The summed E-state index contributed by atoms with van der Waals surface area (Å²) in [6.07, 6.45) is 4.42. The van der Waals surface area contributed by atoms with Crippen molar-refractivity contribution in [1.82, 2.24) is 30.0 Å². The second-order valence-corrected chi connectivity index (χ2v) is 9.52. The summed E-state index contributed by atoms with van der Waals surface area (Å²) in [5, 5.41) is 15.3. The summed E-state index contributed by atoms with van der Waals surface area (Å²) in [5.41, 5.74) is 5.32. The van der Waals surface area contributed by atoms with Gasteiger partial charge in [0.05, 0.1) is 11.6 Å². The van der Waals surface area contributed by atoms with E-state index in [1.165, 1.54) is 16.7 Å². The third-order valence-corrected chi connectivity index (χ3v) is 7.08. The Kier molecular flexibility index (Phi) is 5.82. The van der Waals surface area contributed by atoms with Crippen molar-refractivity contribution in [1.29, 1.82) is 0 Å². The van der Waals surface area contributed by atoms with Crippen LogP contribution in [0.5, 0.6) is 0 Å². The molecule has 0 fully saturated rings. The number of nitrogens with zero attached hydrogens (tertiary/aromatic N) is 4. The second kappa shape index (κ2) is 9.35. The van der Waals surface area contributed by atoms with E-state index >= 15 is 0 Å². The lowest BCUT2D eigenvalue weighted by Gasteiger charge is -2.16. The highest BCUT2D eigenvalue weighted by molar-refractivity contribution is 5.98. The maximum Gasteiger partial charge on any atom is 0.335 e. The van der Waals surface area contributed by atoms with Crippen LogP contribution in [0.3, 0.4) is 0 Å². The smallest absolute Gasteiger partial charge is 0.335 e. The topological polar surface area (TPSA) is 152 Å². The van der Waals surface area contributed by atoms with E-state index in [1.54, 1.807) is 32.2 Å². The molecule has 2 aromatic carbocycles. The van der Waals surface area contributed by atoms with Crippen molar-refractivity contribution in [2.24, 2.45) is 0 Å². The number of aryl methyl sites for hydroxylation is 1. The van der Waals surface area contributed by atoms with Gasteiger partial charge in [-0.15, -0.1) is 0 Å². The lowest BCUT2D eigenvalue weighted by atomic mass is 9.98. The highest BCUT2D eigenvalue weighted by Crippen LogP contribution is 2.35. The van der Waals surface area contributed by atoms with Gasteiger partial charge >= 0.3 is 5.97 Å². The maximum absolute atomic E-state index is 13.3. The molecule has 0 aliphatic heterocycles. The van der Waals surface area contributed by atoms with Crippen LogP contribution in [0, 0.1) is 13.8 Å². The summed E-state index contributed by atoms with van der Waals surface area (Å²) in [7, 11) is 0. The SMILES string of the molecule is Cc1nc2cc(CNC(=O)c3cc(C(=O)N[C@H]4CCc5c4ccc(C(=O)O)c5C)nc4nccn34)ccc2o1.